The van der Waals surface area contributed by atoms with Crippen LogP contribution >= 0.6 is 11.3 Å². The van der Waals surface area contributed by atoms with Gasteiger partial charge in [-0.15, -0.1) is 16.4 Å². The van der Waals surface area contributed by atoms with Crippen molar-refractivity contribution >= 4 is 17.6 Å². The molecule has 0 aromatic carbocycles. The van der Waals surface area contributed by atoms with Gasteiger partial charge in [0, 0.05) is 12.0 Å². The highest BCUT2D eigenvalue weighted by atomic mass is 32.1. The van der Waals surface area contributed by atoms with Crippen LogP contribution < -0.4 is 0 Å². The standard InChI is InChI=1S/C11H12N4O2S/c1-7-6-18-11(12-7)15-10(8(5-16)13-14-15)9-3-2-4-17-9/h5-6,9H,2-4H2,1H3. The number of carbonyl (C=O) groups is 1. The Bertz CT molecular complexity index is 571. The first kappa shape index (κ1) is 11.5. The summed E-state index contributed by atoms with van der Waals surface area (Å²) in [6.07, 6.45) is 2.49. The van der Waals surface area contributed by atoms with E-state index in [0.29, 0.717) is 12.3 Å². The zero-order chi connectivity index (χ0) is 12.5. The fourth-order valence-electron chi connectivity index (χ4n) is 2.06. The fraction of sp³-hybridized carbons (Fsp3) is 0.455. The molecule has 1 aliphatic rings. The number of carbonyl (C=O) groups excluding carboxylic acids is 1. The Morgan fingerprint density at radius 1 is 1.61 bits per heavy atom. The Hall–Kier alpha value is -1.60. The Kier molecular flexibility index (Phi) is 2.92. The molecule has 1 fully saturated rings. The van der Waals surface area contributed by atoms with Crippen LogP contribution in [-0.4, -0.2) is 32.9 Å². The van der Waals surface area contributed by atoms with E-state index in [0.717, 1.165) is 35.6 Å². The van der Waals surface area contributed by atoms with Gasteiger partial charge >= 0.3 is 0 Å². The topological polar surface area (TPSA) is 69.9 Å². The van der Waals surface area contributed by atoms with Gasteiger partial charge in [-0.25, -0.2) is 4.98 Å². The van der Waals surface area contributed by atoms with E-state index in [2.05, 4.69) is 15.3 Å². The van der Waals surface area contributed by atoms with E-state index in [4.69, 9.17) is 4.74 Å². The van der Waals surface area contributed by atoms with Gasteiger partial charge in [0.1, 0.15) is 11.8 Å². The summed E-state index contributed by atoms with van der Waals surface area (Å²) in [6.45, 7) is 2.63. The van der Waals surface area contributed by atoms with Crippen molar-refractivity contribution in [2.75, 3.05) is 6.61 Å². The van der Waals surface area contributed by atoms with Gasteiger partial charge in [0.2, 0.25) is 5.13 Å². The minimum Gasteiger partial charge on any atom is -0.372 e. The predicted molar refractivity (Wildman–Crippen MR) is 65.1 cm³/mol. The summed E-state index contributed by atoms with van der Waals surface area (Å²) in [7, 11) is 0. The third-order valence-corrected chi connectivity index (χ3v) is 3.80. The molecule has 1 aliphatic heterocycles. The summed E-state index contributed by atoms with van der Waals surface area (Å²) in [5.41, 5.74) is 1.99. The molecule has 1 atom stereocenters. The Labute approximate surface area is 108 Å². The molecule has 0 radical (unpaired) electrons. The average molecular weight is 264 g/mol. The second-order valence-corrected chi connectivity index (χ2v) is 5.00. The van der Waals surface area contributed by atoms with E-state index in [1.165, 1.54) is 11.3 Å². The molecule has 2 aromatic rings. The van der Waals surface area contributed by atoms with Gasteiger partial charge in [0.25, 0.3) is 0 Å². The van der Waals surface area contributed by atoms with Crippen LogP contribution in [0, 0.1) is 6.92 Å². The lowest BCUT2D eigenvalue weighted by atomic mass is 10.1. The Morgan fingerprint density at radius 2 is 2.50 bits per heavy atom. The molecule has 3 heterocycles. The van der Waals surface area contributed by atoms with Gasteiger partial charge in [-0.3, -0.25) is 4.79 Å². The highest BCUT2D eigenvalue weighted by Gasteiger charge is 2.27. The third-order valence-electron chi connectivity index (χ3n) is 2.87. The molecule has 0 amide bonds. The minimum absolute atomic E-state index is 0.107. The maximum atomic E-state index is 11.0. The molecule has 0 N–H and O–H groups in total. The van der Waals surface area contributed by atoms with E-state index in [-0.39, 0.29) is 6.10 Å². The number of aryl methyl sites for hydroxylation is 1. The number of ether oxygens (including phenoxy) is 1. The summed E-state index contributed by atoms with van der Waals surface area (Å²) >= 11 is 1.48. The van der Waals surface area contributed by atoms with E-state index < -0.39 is 0 Å². The molecule has 2 aromatic heterocycles. The molecule has 6 nitrogen and oxygen atoms in total. The number of hydrogen-bond donors (Lipinski definition) is 0. The van der Waals surface area contributed by atoms with Crippen LogP contribution in [-0.2, 0) is 4.74 Å². The molecule has 0 aliphatic carbocycles. The summed E-state index contributed by atoms with van der Waals surface area (Å²) in [6, 6.07) is 0. The predicted octanol–water partition coefficient (Wildman–Crippen LogP) is 1.70. The lowest BCUT2D eigenvalue weighted by Crippen LogP contribution is -2.08. The van der Waals surface area contributed by atoms with E-state index >= 15 is 0 Å². The monoisotopic (exact) mass is 264 g/mol. The van der Waals surface area contributed by atoms with Crippen molar-refractivity contribution in [1.29, 1.82) is 0 Å². The smallest absolute Gasteiger partial charge is 0.212 e. The van der Waals surface area contributed by atoms with Crippen molar-refractivity contribution in [1.82, 2.24) is 20.0 Å². The van der Waals surface area contributed by atoms with Gasteiger partial charge in [0.15, 0.2) is 12.0 Å². The molecule has 94 valence electrons. The first-order valence-corrected chi connectivity index (χ1v) is 6.62. The van der Waals surface area contributed by atoms with Gasteiger partial charge in [0.05, 0.1) is 5.69 Å². The highest BCUT2D eigenvalue weighted by Crippen LogP contribution is 2.31. The second-order valence-electron chi connectivity index (χ2n) is 4.16. The summed E-state index contributed by atoms with van der Waals surface area (Å²) in [5.74, 6) is 0. The van der Waals surface area contributed by atoms with E-state index in [9.17, 15) is 4.79 Å². The number of rotatable bonds is 3. The lowest BCUT2D eigenvalue weighted by molar-refractivity contribution is 0.102. The van der Waals surface area contributed by atoms with Crippen LogP contribution in [0.15, 0.2) is 5.38 Å². The van der Waals surface area contributed by atoms with Crippen molar-refractivity contribution in [2.24, 2.45) is 0 Å². The molecule has 1 saturated heterocycles. The normalized spacial score (nSPS) is 19.3. The Morgan fingerprint density at radius 3 is 3.11 bits per heavy atom. The van der Waals surface area contributed by atoms with Crippen LogP contribution in [0.2, 0.25) is 0 Å². The van der Waals surface area contributed by atoms with Crippen molar-refractivity contribution in [3.63, 3.8) is 0 Å². The number of aldehydes is 1. The zero-order valence-corrected chi connectivity index (χ0v) is 10.7. The molecule has 0 bridgehead atoms. The summed E-state index contributed by atoms with van der Waals surface area (Å²) in [5, 5.41) is 10.6. The molecule has 1 unspecified atom stereocenters. The van der Waals surface area contributed by atoms with E-state index in [1.54, 1.807) is 4.68 Å². The number of nitrogens with zero attached hydrogens (tertiary/aromatic N) is 4. The molecular formula is C11H12N4O2S. The maximum absolute atomic E-state index is 11.0. The first-order valence-electron chi connectivity index (χ1n) is 5.74. The third kappa shape index (κ3) is 1.85. The van der Waals surface area contributed by atoms with Crippen LogP contribution in [0.4, 0.5) is 0 Å². The van der Waals surface area contributed by atoms with Crippen molar-refractivity contribution in [3.05, 3.63) is 22.5 Å². The van der Waals surface area contributed by atoms with Gasteiger partial charge in [-0.2, -0.15) is 4.68 Å². The van der Waals surface area contributed by atoms with Crippen LogP contribution in [0.5, 0.6) is 0 Å². The van der Waals surface area contributed by atoms with Crippen LogP contribution in [0.3, 0.4) is 0 Å². The summed E-state index contributed by atoms with van der Waals surface area (Å²) in [4.78, 5) is 15.4. The second kappa shape index (κ2) is 4.58. The maximum Gasteiger partial charge on any atom is 0.212 e. The molecule has 7 heteroatoms. The average Bonchev–Trinajstić information content (AvgIpc) is 3.07. The van der Waals surface area contributed by atoms with Crippen LogP contribution in [0.1, 0.15) is 40.8 Å². The summed E-state index contributed by atoms with van der Waals surface area (Å²) < 4.78 is 7.25. The highest BCUT2D eigenvalue weighted by molar-refractivity contribution is 7.12. The Balaban J connectivity index is 2.08. The molecule has 0 saturated carbocycles. The molecule has 3 rings (SSSR count). The SMILES string of the molecule is Cc1csc(-n2nnc(C=O)c2C2CCCO2)n1. The minimum atomic E-state index is -0.107. The zero-order valence-electron chi connectivity index (χ0n) is 9.87. The molecule has 0 spiro atoms. The largest absolute Gasteiger partial charge is 0.372 e. The number of aromatic nitrogens is 4. The van der Waals surface area contributed by atoms with Gasteiger partial charge in [-0.1, -0.05) is 5.21 Å². The van der Waals surface area contributed by atoms with Crippen molar-refractivity contribution in [2.45, 2.75) is 25.9 Å². The number of hydrogen-bond acceptors (Lipinski definition) is 6. The molecule has 18 heavy (non-hydrogen) atoms. The van der Waals surface area contributed by atoms with Crippen molar-refractivity contribution in [3.8, 4) is 5.13 Å². The molecular weight excluding hydrogens is 252 g/mol. The number of thiazole rings is 1. The first-order chi connectivity index (χ1) is 8.79. The van der Waals surface area contributed by atoms with Crippen LogP contribution in [0.25, 0.3) is 5.13 Å². The quantitative estimate of drug-likeness (QED) is 0.789. The van der Waals surface area contributed by atoms with Gasteiger partial charge in [-0.05, 0) is 19.8 Å². The fourth-order valence-corrected chi connectivity index (χ4v) is 2.82. The lowest BCUT2D eigenvalue weighted by Gasteiger charge is -2.10. The van der Waals surface area contributed by atoms with Crippen molar-refractivity contribution < 1.29 is 9.53 Å². The van der Waals surface area contributed by atoms with E-state index in [1.807, 2.05) is 12.3 Å². The van der Waals surface area contributed by atoms with Gasteiger partial charge < -0.3 is 4.74 Å².